The van der Waals surface area contributed by atoms with Crippen LogP contribution in [-0.4, -0.2) is 25.2 Å². The summed E-state index contributed by atoms with van der Waals surface area (Å²) in [4.78, 5) is 0.456. The third-order valence-corrected chi connectivity index (χ3v) is 6.24. The highest BCUT2D eigenvalue weighted by atomic mass is 32.2. The molecule has 0 heterocycles. The number of benzene rings is 1. The van der Waals surface area contributed by atoms with Crippen LogP contribution in [0.5, 0.6) is 0 Å². The Morgan fingerprint density at radius 1 is 1.30 bits per heavy atom. The molecule has 0 spiro atoms. The number of hydrogen-bond acceptors (Lipinski definition) is 4. The number of thioether (sulfide) groups is 1. The Morgan fingerprint density at radius 2 is 1.90 bits per heavy atom. The second kappa shape index (κ2) is 6.26. The van der Waals surface area contributed by atoms with Crippen LogP contribution < -0.4 is 5.73 Å². The molecule has 0 saturated carbocycles. The molecule has 0 amide bonds. The highest BCUT2D eigenvalue weighted by Gasteiger charge is 2.30. The normalized spacial score (nSPS) is 12.9. The first-order chi connectivity index (χ1) is 9.04. The lowest BCUT2D eigenvalue weighted by Gasteiger charge is -2.11. The smallest absolute Gasteiger partial charge is 0.398 e. The van der Waals surface area contributed by atoms with Gasteiger partial charge < -0.3 is 5.73 Å². The first-order valence-corrected chi connectivity index (χ1v) is 8.55. The molecule has 0 aliphatic carbocycles. The highest BCUT2D eigenvalue weighted by Crippen LogP contribution is 2.34. The highest BCUT2D eigenvalue weighted by molar-refractivity contribution is 8.01. The van der Waals surface area contributed by atoms with Crippen molar-refractivity contribution in [3.63, 3.8) is 0 Å². The van der Waals surface area contributed by atoms with Crippen LogP contribution in [0.1, 0.15) is 19.4 Å². The lowest BCUT2D eigenvalue weighted by molar-refractivity contribution is -0.137. The molecule has 1 aromatic rings. The van der Waals surface area contributed by atoms with Gasteiger partial charge in [-0.2, -0.15) is 13.2 Å². The average molecular weight is 327 g/mol. The van der Waals surface area contributed by atoms with E-state index in [1.54, 1.807) is 13.8 Å². The van der Waals surface area contributed by atoms with Crippen molar-refractivity contribution >= 4 is 27.3 Å². The van der Waals surface area contributed by atoms with Gasteiger partial charge in [-0.1, -0.05) is 0 Å². The van der Waals surface area contributed by atoms with E-state index in [0.717, 1.165) is 23.9 Å². The van der Waals surface area contributed by atoms with E-state index in [4.69, 9.17) is 5.73 Å². The van der Waals surface area contributed by atoms with E-state index in [-0.39, 0.29) is 17.2 Å². The number of anilines is 1. The number of hydrogen-bond donors (Lipinski definition) is 1. The summed E-state index contributed by atoms with van der Waals surface area (Å²) in [5, 5.41) is -0.465. The maximum Gasteiger partial charge on any atom is 0.416 e. The maximum absolute atomic E-state index is 12.5. The predicted molar refractivity (Wildman–Crippen MR) is 75.5 cm³/mol. The van der Waals surface area contributed by atoms with Crippen LogP contribution in [0.25, 0.3) is 0 Å². The summed E-state index contributed by atoms with van der Waals surface area (Å²) in [5.41, 5.74) is 4.75. The van der Waals surface area contributed by atoms with E-state index < -0.39 is 26.8 Å². The Morgan fingerprint density at radius 3 is 2.35 bits per heavy atom. The Hall–Kier alpha value is -0.890. The molecular weight excluding hydrogens is 311 g/mol. The Balaban J connectivity index is 2.72. The van der Waals surface area contributed by atoms with Gasteiger partial charge in [-0.05, 0) is 32.0 Å². The van der Waals surface area contributed by atoms with Gasteiger partial charge in [0.25, 0.3) is 0 Å². The molecule has 20 heavy (non-hydrogen) atoms. The van der Waals surface area contributed by atoms with Gasteiger partial charge in [0.1, 0.15) is 0 Å². The van der Waals surface area contributed by atoms with Crippen molar-refractivity contribution < 1.29 is 21.6 Å². The fraction of sp³-hybridized carbons (Fsp3) is 0.500. The number of sulfone groups is 1. The monoisotopic (exact) mass is 327 g/mol. The molecule has 0 aliphatic heterocycles. The molecule has 114 valence electrons. The van der Waals surface area contributed by atoms with E-state index >= 15 is 0 Å². The fourth-order valence-electron chi connectivity index (χ4n) is 1.36. The molecule has 0 atom stereocenters. The molecule has 0 unspecified atom stereocenters. The van der Waals surface area contributed by atoms with Gasteiger partial charge in [0, 0.05) is 16.3 Å². The van der Waals surface area contributed by atoms with Crippen molar-refractivity contribution in [2.24, 2.45) is 0 Å². The van der Waals surface area contributed by atoms with Gasteiger partial charge >= 0.3 is 6.18 Å². The molecule has 0 bridgehead atoms. The van der Waals surface area contributed by atoms with Crippen LogP contribution in [-0.2, 0) is 16.0 Å². The van der Waals surface area contributed by atoms with Crippen LogP contribution in [0.2, 0.25) is 0 Å². The largest absolute Gasteiger partial charge is 0.416 e. The maximum atomic E-state index is 12.5. The molecule has 8 heteroatoms. The summed E-state index contributed by atoms with van der Waals surface area (Å²) < 4.78 is 60.6. The fourth-order valence-corrected chi connectivity index (χ4v) is 3.70. The molecule has 0 aliphatic rings. The molecule has 0 fully saturated rings. The van der Waals surface area contributed by atoms with Crippen LogP contribution in [0.4, 0.5) is 18.9 Å². The van der Waals surface area contributed by atoms with E-state index in [0.29, 0.717) is 4.90 Å². The van der Waals surface area contributed by atoms with Crippen LogP contribution in [0, 0.1) is 0 Å². The van der Waals surface area contributed by atoms with Crippen LogP contribution >= 0.6 is 11.8 Å². The summed E-state index contributed by atoms with van der Waals surface area (Å²) in [7, 11) is -3.15. The number of nitrogens with two attached hydrogens (primary N) is 1. The minimum Gasteiger partial charge on any atom is -0.398 e. The molecule has 2 N–H and O–H groups in total. The summed E-state index contributed by atoms with van der Waals surface area (Å²) in [6, 6.07) is 3.07. The lowest BCUT2D eigenvalue weighted by Crippen LogP contribution is -2.19. The van der Waals surface area contributed by atoms with Gasteiger partial charge in [0.2, 0.25) is 0 Å². The molecule has 1 rings (SSSR count). The first kappa shape index (κ1) is 17.2. The van der Waals surface area contributed by atoms with Crippen molar-refractivity contribution in [2.75, 3.05) is 17.2 Å². The Bertz CT molecular complexity index is 569. The molecule has 0 aromatic heterocycles. The zero-order valence-electron chi connectivity index (χ0n) is 11.1. The zero-order chi connectivity index (χ0) is 15.6. The third kappa shape index (κ3) is 4.59. The Labute approximate surface area is 120 Å². The molecule has 0 radical (unpaired) electrons. The quantitative estimate of drug-likeness (QED) is 0.666. The standard InChI is InChI=1S/C12H16F3NO2S2/c1-8(2)20(17,18)6-5-19-11-4-3-9(7-10(11)16)12(13,14)15/h3-4,7-8H,5-6,16H2,1-2H3. The van der Waals surface area contributed by atoms with Crippen molar-refractivity contribution in [2.45, 2.75) is 30.2 Å². The molecule has 3 nitrogen and oxygen atoms in total. The van der Waals surface area contributed by atoms with Crippen molar-refractivity contribution in [1.29, 1.82) is 0 Å². The predicted octanol–water partition coefficient (Wildman–Crippen LogP) is 3.20. The number of rotatable bonds is 5. The topological polar surface area (TPSA) is 60.2 Å². The second-order valence-corrected chi connectivity index (χ2v) is 8.33. The average Bonchev–Trinajstić information content (AvgIpc) is 2.29. The number of halogens is 3. The molecular formula is C12H16F3NO2S2. The third-order valence-electron chi connectivity index (χ3n) is 2.68. The zero-order valence-corrected chi connectivity index (χ0v) is 12.7. The van der Waals surface area contributed by atoms with Gasteiger partial charge in [0.05, 0.1) is 16.6 Å². The summed E-state index contributed by atoms with van der Waals surface area (Å²) in [6.07, 6.45) is -4.43. The summed E-state index contributed by atoms with van der Waals surface area (Å²) >= 11 is 1.14. The summed E-state index contributed by atoms with van der Waals surface area (Å²) in [6.45, 7) is 3.18. The van der Waals surface area contributed by atoms with Crippen LogP contribution in [0.3, 0.4) is 0 Å². The van der Waals surface area contributed by atoms with E-state index in [2.05, 4.69) is 0 Å². The van der Waals surface area contributed by atoms with E-state index in [1.807, 2.05) is 0 Å². The van der Waals surface area contributed by atoms with Crippen LogP contribution in [0.15, 0.2) is 23.1 Å². The van der Waals surface area contributed by atoms with Crippen molar-refractivity contribution in [1.82, 2.24) is 0 Å². The molecule has 0 saturated heterocycles. The Kier molecular flexibility index (Phi) is 5.37. The van der Waals surface area contributed by atoms with Crippen molar-refractivity contribution in [3.8, 4) is 0 Å². The van der Waals surface area contributed by atoms with Crippen molar-refractivity contribution in [3.05, 3.63) is 23.8 Å². The van der Waals surface area contributed by atoms with E-state index in [9.17, 15) is 21.6 Å². The van der Waals surface area contributed by atoms with Gasteiger partial charge in [0.15, 0.2) is 9.84 Å². The molecule has 1 aromatic carbocycles. The minimum absolute atomic E-state index is 0.00627. The number of alkyl halides is 3. The van der Waals surface area contributed by atoms with Gasteiger partial charge in [-0.25, -0.2) is 8.42 Å². The lowest BCUT2D eigenvalue weighted by atomic mass is 10.2. The van der Waals surface area contributed by atoms with Gasteiger partial charge in [-0.3, -0.25) is 0 Å². The number of nitrogen functional groups attached to an aromatic ring is 1. The van der Waals surface area contributed by atoms with Gasteiger partial charge in [-0.15, -0.1) is 11.8 Å². The SMILES string of the molecule is CC(C)S(=O)(=O)CCSc1ccc(C(F)(F)F)cc1N. The summed E-state index contributed by atoms with van der Waals surface area (Å²) in [5.74, 6) is 0.228. The second-order valence-electron chi connectivity index (χ2n) is 4.51. The first-order valence-electron chi connectivity index (χ1n) is 5.85. The van der Waals surface area contributed by atoms with E-state index in [1.165, 1.54) is 6.07 Å². The minimum atomic E-state index is -4.43.